The van der Waals surface area contributed by atoms with Crippen LogP contribution in [0.2, 0.25) is 0 Å². The second kappa shape index (κ2) is 9.64. The topological polar surface area (TPSA) is 44.8 Å². The Bertz CT molecular complexity index is 486. The molecular formula is C17H22O4. The number of benzene rings is 1. The van der Waals surface area contributed by atoms with E-state index in [4.69, 9.17) is 14.2 Å². The molecule has 1 rings (SSSR count). The van der Waals surface area contributed by atoms with Crippen molar-refractivity contribution in [2.24, 2.45) is 0 Å². The second-order valence-corrected chi connectivity index (χ2v) is 4.32. The first-order valence-corrected chi connectivity index (χ1v) is 6.94. The molecule has 21 heavy (non-hydrogen) atoms. The van der Waals surface area contributed by atoms with Gasteiger partial charge in [-0.3, -0.25) is 0 Å². The van der Waals surface area contributed by atoms with Crippen LogP contribution in [0.1, 0.15) is 25.8 Å². The lowest BCUT2D eigenvalue weighted by molar-refractivity contribution is -0.137. The average molecular weight is 290 g/mol. The van der Waals surface area contributed by atoms with Crippen LogP contribution in [0, 0.1) is 0 Å². The molecule has 0 bridgehead atoms. The molecule has 0 atom stereocenters. The maximum Gasteiger partial charge on any atom is 0.334 e. The standard InChI is InChI=1S/C17H22O4/c1-4-20-17(18)13-14(2)21-12-6-5-7-15-8-10-16(19-3)11-9-15/h5,7-11,13H,4,6,12H2,1-3H3/b7-5-,14-13+. The van der Waals surface area contributed by atoms with Crippen molar-refractivity contribution in [2.45, 2.75) is 20.3 Å². The van der Waals surface area contributed by atoms with Gasteiger partial charge in [0.15, 0.2) is 0 Å². The Kier molecular flexibility index (Phi) is 7.72. The van der Waals surface area contributed by atoms with Crippen LogP contribution in [0.3, 0.4) is 0 Å². The van der Waals surface area contributed by atoms with Gasteiger partial charge in [-0.1, -0.05) is 24.3 Å². The molecule has 0 aliphatic heterocycles. The molecule has 0 aliphatic rings. The number of ether oxygens (including phenoxy) is 3. The second-order valence-electron chi connectivity index (χ2n) is 4.32. The molecule has 4 nitrogen and oxygen atoms in total. The van der Waals surface area contributed by atoms with Gasteiger partial charge in [-0.2, -0.15) is 0 Å². The van der Waals surface area contributed by atoms with Crippen LogP contribution >= 0.6 is 0 Å². The van der Waals surface area contributed by atoms with Crippen molar-refractivity contribution < 1.29 is 19.0 Å². The van der Waals surface area contributed by atoms with E-state index in [2.05, 4.69) is 0 Å². The molecule has 0 aliphatic carbocycles. The first-order chi connectivity index (χ1) is 10.2. The van der Waals surface area contributed by atoms with Crippen molar-refractivity contribution in [1.82, 2.24) is 0 Å². The molecule has 0 unspecified atom stereocenters. The highest BCUT2D eigenvalue weighted by atomic mass is 16.5. The zero-order chi connectivity index (χ0) is 15.5. The van der Waals surface area contributed by atoms with Crippen molar-refractivity contribution in [1.29, 1.82) is 0 Å². The fourth-order valence-corrected chi connectivity index (χ4v) is 1.61. The van der Waals surface area contributed by atoms with Crippen LogP contribution in [0.5, 0.6) is 5.75 Å². The fraction of sp³-hybridized carbons (Fsp3) is 0.353. The zero-order valence-corrected chi connectivity index (χ0v) is 12.8. The summed E-state index contributed by atoms with van der Waals surface area (Å²) in [7, 11) is 1.65. The molecule has 0 saturated heterocycles. The molecule has 0 saturated carbocycles. The van der Waals surface area contributed by atoms with E-state index >= 15 is 0 Å². The maximum absolute atomic E-state index is 11.2. The molecule has 0 aromatic heterocycles. The summed E-state index contributed by atoms with van der Waals surface area (Å²) >= 11 is 0. The van der Waals surface area contributed by atoms with E-state index in [9.17, 15) is 4.79 Å². The quantitative estimate of drug-likeness (QED) is 0.318. The number of carbonyl (C=O) groups is 1. The van der Waals surface area contributed by atoms with E-state index < -0.39 is 0 Å². The number of hydrogen-bond acceptors (Lipinski definition) is 4. The summed E-state index contributed by atoms with van der Waals surface area (Å²) in [6, 6.07) is 7.81. The van der Waals surface area contributed by atoms with E-state index in [1.807, 2.05) is 36.4 Å². The normalized spacial score (nSPS) is 11.5. The highest BCUT2D eigenvalue weighted by Crippen LogP contribution is 2.12. The third-order valence-electron chi connectivity index (χ3n) is 2.65. The van der Waals surface area contributed by atoms with Gasteiger partial charge >= 0.3 is 5.97 Å². The van der Waals surface area contributed by atoms with Crippen molar-refractivity contribution in [3.63, 3.8) is 0 Å². The molecule has 1 aromatic rings. The lowest BCUT2D eigenvalue weighted by Gasteiger charge is -2.04. The minimum Gasteiger partial charge on any atom is -0.498 e. The highest BCUT2D eigenvalue weighted by molar-refractivity contribution is 5.82. The highest BCUT2D eigenvalue weighted by Gasteiger charge is 1.98. The van der Waals surface area contributed by atoms with E-state index in [1.165, 1.54) is 6.08 Å². The Morgan fingerprint density at radius 3 is 2.52 bits per heavy atom. The summed E-state index contributed by atoms with van der Waals surface area (Å²) in [5, 5.41) is 0. The Balaban J connectivity index is 2.29. The first kappa shape index (κ1) is 16.8. The summed E-state index contributed by atoms with van der Waals surface area (Å²) in [6.07, 6.45) is 6.17. The number of hydrogen-bond donors (Lipinski definition) is 0. The van der Waals surface area contributed by atoms with Crippen LogP contribution in [0.15, 0.2) is 42.2 Å². The van der Waals surface area contributed by atoms with Gasteiger partial charge in [-0.15, -0.1) is 0 Å². The van der Waals surface area contributed by atoms with Gasteiger partial charge in [0.25, 0.3) is 0 Å². The average Bonchev–Trinajstić information content (AvgIpc) is 2.47. The monoisotopic (exact) mass is 290 g/mol. The van der Waals surface area contributed by atoms with Gasteiger partial charge < -0.3 is 14.2 Å². The first-order valence-electron chi connectivity index (χ1n) is 6.94. The molecule has 0 fully saturated rings. The number of carbonyl (C=O) groups excluding carboxylic acids is 1. The minimum absolute atomic E-state index is 0.368. The third kappa shape index (κ3) is 7.20. The lowest BCUT2D eigenvalue weighted by atomic mass is 10.2. The summed E-state index contributed by atoms with van der Waals surface area (Å²) in [6.45, 7) is 4.40. The lowest BCUT2D eigenvalue weighted by Crippen LogP contribution is -2.02. The van der Waals surface area contributed by atoms with E-state index in [-0.39, 0.29) is 5.97 Å². The van der Waals surface area contributed by atoms with Gasteiger partial charge in [-0.05, 0) is 38.0 Å². The largest absolute Gasteiger partial charge is 0.498 e. The third-order valence-corrected chi connectivity index (χ3v) is 2.65. The van der Waals surface area contributed by atoms with Crippen LogP contribution in [-0.2, 0) is 14.3 Å². The van der Waals surface area contributed by atoms with Gasteiger partial charge in [0.05, 0.1) is 26.4 Å². The van der Waals surface area contributed by atoms with Crippen molar-refractivity contribution in [3.8, 4) is 5.75 Å². The summed E-state index contributed by atoms with van der Waals surface area (Å²) in [5.74, 6) is 1.03. The fourth-order valence-electron chi connectivity index (χ4n) is 1.61. The Hall–Kier alpha value is -2.23. The molecule has 0 heterocycles. The van der Waals surface area contributed by atoms with Crippen LogP contribution in [-0.4, -0.2) is 26.3 Å². The van der Waals surface area contributed by atoms with Crippen LogP contribution in [0.25, 0.3) is 6.08 Å². The molecule has 114 valence electrons. The molecule has 1 aromatic carbocycles. The van der Waals surface area contributed by atoms with Crippen LogP contribution < -0.4 is 4.74 Å². The molecule has 0 amide bonds. The van der Waals surface area contributed by atoms with E-state index in [0.29, 0.717) is 19.0 Å². The SMILES string of the molecule is CCOC(=O)/C=C(\C)OCC/C=C\c1ccc(OC)cc1. The van der Waals surface area contributed by atoms with E-state index in [0.717, 1.165) is 17.7 Å². The maximum atomic E-state index is 11.2. The molecule has 0 N–H and O–H groups in total. The summed E-state index contributed by atoms with van der Waals surface area (Å²) in [4.78, 5) is 11.2. The van der Waals surface area contributed by atoms with Crippen molar-refractivity contribution in [2.75, 3.05) is 20.3 Å². The van der Waals surface area contributed by atoms with Gasteiger partial charge in [0.2, 0.25) is 0 Å². The number of allylic oxidation sites excluding steroid dienone is 1. The van der Waals surface area contributed by atoms with E-state index in [1.54, 1.807) is 21.0 Å². The smallest absolute Gasteiger partial charge is 0.334 e. The summed E-state index contributed by atoms with van der Waals surface area (Å²) < 4.78 is 15.3. The minimum atomic E-state index is -0.372. The number of methoxy groups -OCH3 is 1. The predicted molar refractivity (Wildman–Crippen MR) is 83.0 cm³/mol. The molecule has 4 heteroatoms. The van der Waals surface area contributed by atoms with Gasteiger partial charge in [0.1, 0.15) is 11.5 Å². The Labute approximate surface area is 126 Å². The Morgan fingerprint density at radius 2 is 1.90 bits per heavy atom. The summed E-state index contributed by atoms with van der Waals surface area (Å²) in [5.41, 5.74) is 1.11. The number of esters is 1. The zero-order valence-electron chi connectivity index (χ0n) is 12.8. The number of rotatable bonds is 8. The van der Waals surface area contributed by atoms with Gasteiger partial charge in [-0.25, -0.2) is 4.79 Å². The van der Waals surface area contributed by atoms with Crippen LogP contribution in [0.4, 0.5) is 0 Å². The Morgan fingerprint density at radius 1 is 1.19 bits per heavy atom. The molecular weight excluding hydrogens is 268 g/mol. The van der Waals surface area contributed by atoms with Crippen molar-refractivity contribution in [3.05, 3.63) is 47.7 Å². The predicted octanol–water partition coefficient (Wildman–Crippen LogP) is 3.58. The van der Waals surface area contributed by atoms with Crippen molar-refractivity contribution >= 4 is 12.0 Å². The molecule has 0 radical (unpaired) electrons. The van der Waals surface area contributed by atoms with Gasteiger partial charge in [0, 0.05) is 0 Å². The molecule has 0 spiro atoms.